The number of aliphatic hydroxyl groups excluding tert-OH is 3. The van der Waals surface area contributed by atoms with E-state index in [1.165, 1.54) is 39.3 Å². The van der Waals surface area contributed by atoms with Gasteiger partial charge >= 0.3 is 0 Å². The van der Waals surface area contributed by atoms with Gasteiger partial charge in [0, 0.05) is 95.8 Å². The Kier molecular flexibility index (Phi) is 147. The van der Waals surface area contributed by atoms with Gasteiger partial charge < -0.3 is 63.0 Å². The lowest BCUT2D eigenvalue weighted by molar-refractivity contribution is -0.0318. The van der Waals surface area contributed by atoms with E-state index in [9.17, 15) is 0 Å². The molecule has 0 heterocycles. The zero-order chi connectivity index (χ0) is 58.7. The van der Waals surface area contributed by atoms with Crippen LogP contribution in [-0.2, 0) is 37.9 Å². The van der Waals surface area contributed by atoms with Crippen molar-refractivity contribution in [2.45, 2.75) is 332 Å². The van der Waals surface area contributed by atoms with Crippen molar-refractivity contribution in [1.82, 2.24) is 19.6 Å². The van der Waals surface area contributed by atoms with E-state index in [0.717, 1.165) is 36.8 Å². The van der Waals surface area contributed by atoms with Crippen molar-refractivity contribution in [3.05, 3.63) is 0 Å². The van der Waals surface area contributed by atoms with Crippen LogP contribution in [-0.4, -0.2) is 234 Å². The van der Waals surface area contributed by atoms with Crippen molar-refractivity contribution in [3.8, 4) is 0 Å². The number of hydrogen-bond acceptors (Lipinski definition) is 15. The molecule has 15 heteroatoms. The van der Waals surface area contributed by atoms with Crippen molar-refractivity contribution in [1.29, 1.82) is 0 Å². The maximum Gasteiger partial charge on any atom is 0.0781 e. The average Bonchev–Trinajstić information content (AvgIpc) is 3.22. The van der Waals surface area contributed by atoms with Gasteiger partial charge in [-0.1, -0.05) is 174 Å². The Balaban J connectivity index is -0.0000000341. The molecule has 0 bridgehead atoms. The van der Waals surface area contributed by atoms with Crippen LogP contribution in [0.2, 0.25) is 0 Å². The number of hydrogen-bond donors (Lipinski definition) is 3. The fraction of sp³-hybridized carbons (Fsp3) is 1.00. The third-order valence-corrected chi connectivity index (χ3v) is 10.6. The molecule has 0 spiro atoms. The molecule has 0 amide bonds. The summed E-state index contributed by atoms with van der Waals surface area (Å²) in [6.45, 7) is 68.6. The smallest absolute Gasteiger partial charge is 0.0781 e. The summed E-state index contributed by atoms with van der Waals surface area (Å²) in [7, 11) is 4.90. The normalized spacial score (nSPS) is 11.7. The zero-order valence-electron chi connectivity index (χ0n) is 54.2. The van der Waals surface area contributed by atoms with Gasteiger partial charge in [0.25, 0.3) is 0 Å². The maximum atomic E-state index is 8.86. The molecule has 0 rings (SSSR count). The molecule has 0 aromatic carbocycles. The monoisotopic (exact) mass is 1330 g/mol. The van der Waals surface area contributed by atoms with E-state index < -0.39 is 6.10 Å². The first kappa shape index (κ1) is 149. The Morgan fingerprint density at radius 3 is 0.744 bits per heavy atom. The minimum absolute atomic E-state index is 0. The molecule has 0 saturated heterocycles. The van der Waals surface area contributed by atoms with E-state index in [1.807, 2.05) is 20.8 Å². The summed E-state index contributed by atoms with van der Waals surface area (Å²) in [6, 6.07) is 0. The molecule has 0 radical (unpaired) electrons. The van der Waals surface area contributed by atoms with Gasteiger partial charge in [-0.3, -0.25) is 9.80 Å². The second-order valence-electron chi connectivity index (χ2n) is 25.5. The fourth-order valence-electron chi connectivity index (χ4n) is 8.49. The lowest BCUT2D eigenvalue weighted by Crippen LogP contribution is -2.59. The third-order valence-electron chi connectivity index (χ3n) is 10.6. The standard InChI is InChI=1S/2C18H40N2.C9H20O4.C8H18O4.C6H14O3.16CH4/c1-15(2,3)19(16(4,5)6)13-14-20(17(7,8)9)18(10,11)12;1-15(2)11-19(12-16(3)4)9-10-20(13-17(5)6)14-18(7)8;1-8(10)6-12-4-5-13-9(2)7-11-3;1-8(12-4-3-9)7-11-6-5-10-2;1-6(5-8-2)9-4-3-7;;;;;;;;;;;;;;;;/h13-14H2,1-12H3;15-18H,9-14H2,1-8H3;8-10H,4-7H2,1-3H3;8-9H,3-7H2,1-2H3;6-7H,3-5H2,1-2H3;16*1H4. The molecule has 90 heavy (non-hydrogen) atoms. The second-order valence-corrected chi connectivity index (χ2v) is 25.5. The van der Waals surface area contributed by atoms with Gasteiger partial charge in [-0.15, -0.1) is 0 Å². The number of rotatable bonds is 35. The van der Waals surface area contributed by atoms with Gasteiger partial charge in [-0.25, -0.2) is 0 Å². The molecule has 0 aliphatic rings. The molecule has 0 aliphatic carbocycles. The summed E-state index contributed by atoms with van der Waals surface area (Å²) in [6.07, 6.45) is -0.187. The molecule has 4 unspecified atom stereocenters. The SMILES string of the molecule is C.C.C.C.C.C.C.C.C.C.C.C.C.C.C.C.CC(C)(C)N(CCN(C(C)(C)C)C(C)(C)C)C(C)(C)C.CC(C)CN(CCN(CC(C)C)CC(C)C)CC(C)C.COCC(C)OCCO.COCC(C)OCCOCC(C)O.COCCOCC(C)OCCO. The fourth-order valence-corrected chi connectivity index (χ4v) is 8.49. The maximum absolute atomic E-state index is 8.86. The van der Waals surface area contributed by atoms with Crippen LogP contribution in [0.5, 0.6) is 0 Å². The highest BCUT2D eigenvalue weighted by Gasteiger charge is 2.35. The molecular formula is C75H196N4O11. The molecule has 0 fully saturated rings. The Labute approximate surface area is 578 Å². The van der Waals surface area contributed by atoms with Gasteiger partial charge in [0.05, 0.1) is 104 Å². The Morgan fingerprint density at radius 1 is 0.300 bits per heavy atom. The topological polar surface area (TPSA) is 147 Å². The summed E-state index contributed by atoms with van der Waals surface area (Å²) in [5.41, 5.74) is 0.777. The lowest BCUT2D eigenvalue weighted by Gasteiger charge is -2.50. The minimum atomic E-state index is -0.406. The first-order chi connectivity index (χ1) is 34.0. The summed E-state index contributed by atoms with van der Waals surface area (Å²) in [5, 5.41) is 25.6. The number of aliphatic hydroxyl groups is 3. The van der Waals surface area contributed by atoms with Crippen LogP contribution >= 0.6 is 0 Å². The molecule has 0 saturated carbocycles. The number of methoxy groups -OCH3 is 3. The predicted octanol–water partition coefficient (Wildman–Crippen LogP) is 19.7. The highest BCUT2D eigenvalue weighted by Crippen LogP contribution is 2.28. The minimum Gasteiger partial charge on any atom is -0.394 e. The van der Waals surface area contributed by atoms with Crippen LogP contribution in [0.1, 0.15) is 285 Å². The van der Waals surface area contributed by atoms with Gasteiger partial charge in [0.1, 0.15) is 0 Å². The van der Waals surface area contributed by atoms with Crippen molar-refractivity contribution in [2.75, 3.05) is 153 Å². The molecule has 0 aliphatic heterocycles. The summed E-state index contributed by atoms with van der Waals surface area (Å²) in [5.74, 6) is 3.05. The highest BCUT2D eigenvalue weighted by atomic mass is 16.6. The third kappa shape index (κ3) is 109. The van der Waals surface area contributed by atoms with Gasteiger partial charge in [0.2, 0.25) is 0 Å². The molecule has 582 valence electrons. The number of ether oxygens (including phenoxy) is 8. The van der Waals surface area contributed by atoms with Crippen LogP contribution in [0, 0.1) is 23.7 Å². The summed E-state index contributed by atoms with van der Waals surface area (Å²) < 4.78 is 40.3. The van der Waals surface area contributed by atoms with Gasteiger partial charge in [-0.05, 0) is 134 Å². The van der Waals surface area contributed by atoms with E-state index >= 15 is 0 Å². The van der Waals surface area contributed by atoms with Crippen LogP contribution < -0.4 is 0 Å². The van der Waals surface area contributed by atoms with Crippen molar-refractivity contribution >= 4 is 0 Å². The summed E-state index contributed by atoms with van der Waals surface area (Å²) >= 11 is 0. The average molecular weight is 1330 g/mol. The van der Waals surface area contributed by atoms with Crippen LogP contribution in [0.4, 0.5) is 0 Å². The first-order valence-electron chi connectivity index (χ1n) is 28.3. The number of nitrogens with zero attached hydrogens (tertiary/aromatic N) is 4. The molecule has 4 atom stereocenters. The summed E-state index contributed by atoms with van der Waals surface area (Å²) in [4.78, 5) is 10.5. The van der Waals surface area contributed by atoms with Crippen molar-refractivity contribution < 1.29 is 53.2 Å². The largest absolute Gasteiger partial charge is 0.394 e. The van der Waals surface area contributed by atoms with E-state index in [1.54, 1.807) is 28.3 Å². The first-order valence-corrected chi connectivity index (χ1v) is 28.3. The quantitative estimate of drug-likeness (QED) is 0.0517. The molecular weight excluding hydrogens is 1130 g/mol. The van der Waals surface area contributed by atoms with Crippen LogP contribution in [0.25, 0.3) is 0 Å². The highest BCUT2D eigenvalue weighted by molar-refractivity contribution is 4.91. The van der Waals surface area contributed by atoms with Gasteiger partial charge in [-0.2, -0.15) is 0 Å². The van der Waals surface area contributed by atoms with Crippen LogP contribution in [0.15, 0.2) is 0 Å². The zero-order valence-corrected chi connectivity index (χ0v) is 54.2. The molecule has 3 N–H and O–H groups in total. The van der Waals surface area contributed by atoms with E-state index in [0.29, 0.717) is 66.1 Å². The molecule has 0 aromatic rings. The van der Waals surface area contributed by atoms with Crippen LogP contribution in [0.3, 0.4) is 0 Å². The molecule has 15 nitrogen and oxygen atoms in total. The Bertz CT molecular complexity index is 1060. The van der Waals surface area contributed by atoms with Gasteiger partial charge in [0.15, 0.2) is 0 Å². The Hall–Kier alpha value is -0.600. The van der Waals surface area contributed by atoms with Crippen molar-refractivity contribution in [2.24, 2.45) is 23.7 Å². The Morgan fingerprint density at radius 2 is 0.533 bits per heavy atom. The van der Waals surface area contributed by atoms with E-state index in [4.69, 9.17) is 53.2 Å². The van der Waals surface area contributed by atoms with E-state index in [2.05, 4.69) is 158 Å². The van der Waals surface area contributed by atoms with E-state index in [-0.39, 0.29) is 173 Å². The van der Waals surface area contributed by atoms with Crippen molar-refractivity contribution in [3.63, 3.8) is 0 Å². The second kappa shape index (κ2) is 88.4. The lowest BCUT2D eigenvalue weighted by atomic mass is 9.93. The predicted molar refractivity (Wildman–Crippen MR) is 422 cm³/mol. The molecule has 0 aromatic heterocycles.